The van der Waals surface area contributed by atoms with Crippen molar-refractivity contribution < 1.29 is 28.7 Å². The molecule has 3 aliphatic rings. The predicted octanol–water partition coefficient (Wildman–Crippen LogP) is 2.50. The van der Waals surface area contributed by atoms with Gasteiger partial charge >= 0.3 is 5.97 Å². The number of nitrogens with zero attached hydrogens (tertiary/aromatic N) is 1. The Morgan fingerprint density at radius 2 is 1.97 bits per heavy atom. The number of nitrogens with one attached hydrogen (secondary N) is 2. The number of rotatable bonds is 6. The summed E-state index contributed by atoms with van der Waals surface area (Å²) in [5, 5.41) is 8.70. The van der Waals surface area contributed by atoms with Crippen LogP contribution in [0.5, 0.6) is 0 Å². The van der Waals surface area contributed by atoms with E-state index in [0.717, 1.165) is 10.1 Å². The van der Waals surface area contributed by atoms with Crippen LogP contribution in [0, 0.1) is 0 Å². The van der Waals surface area contributed by atoms with E-state index in [1.165, 1.54) is 11.3 Å². The first-order chi connectivity index (χ1) is 17.5. The van der Waals surface area contributed by atoms with E-state index in [1.807, 2.05) is 35.7 Å². The van der Waals surface area contributed by atoms with Crippen LogP contribution in [0.4, 0.5) is 0 Å². The molecular weight excluding hydrogens is 482 g/mol. The number of fused-ring (bicyclic) bond motifs is 2. The molecule has 2 saturated heterocycles. The maximum Gasteiger partial charge on any atom is 0.310 e. The quantitative estimate of drug-likeness (QED) is 0.455. The molecule has 36 heavy (non-hydrogen) atoms. The van der Waals surface area contributed by atoms with Gasteiger partial charge in [0.2, 0.25) is 18.1 Å². The van der Waals surface area contributed by atoms with Gasteiger partial charge in [0, 0.05) is 17.3 Å². The predicted molar refractivity (Wildman–Crippen MR) is 133 cm³/mol. The van der Waals surface area contributed by atoms with E-state index in [4.69, 9.17) is 9.47 Å². The molecule has 2 N–H and O–H groups in total. The molecule has 2 unspecified atom stereocenters. The second-order valence-electron chi connectivity index (χ2n) is 9.24. The Balaban J connectivity index is 1.33. The molecule has 2 aromatic rings. The minimum atomic E-state index is -0.832. The molecule has 0 bridgehead atoms. The number of carbonyl (C=O) groups excluding carboxylic acids is 4. The monoisotopic (exact) mass is 511 g/mol. The van der Waals surface area contributed by atoms with Gasteiger partial charge in [-0.05, 0) is 55.5 Å². The summed E-state index contributed by atoms with van der Waals surface area (Å²) < 4.78 is 11.5. The molecular formula is C26H29N3O6S. The minimum absolute atomic E-state index is 0.0240. The Bertz CT molecular complexity index is 1210. The van der Waals surface area contributed by atoms with Crippen LogP contribution < -0.4 is 10.6 Å². The summed E-state index contributed by atoms with van der Waals surface area (Å²) in [5.74, 6) is -1.35. The third kappa shape index (κ3) is 4.75. The summed E-state index contributed by atoms with van der Waals surface area (Å²) in [6.07, 6.45) is 5.31. The summed E-state index contributed by atoms with van der Waals surface area (Å²) in [7, 11) is 0. The van der Waals surface area contributed by atoms with Crippen molar-refractivity contribution >= 4 is 45.1 Å². The van der Waals surface area contributed by atoms with Crippen LogP contribution in [0.3, 0.4) is 0 Å². The van der Waals surface area contributed by atoms with Crippen LogP contribution in [-0.4, -0.2) is 65.7 Å². The number of esters is 1. The lowest BCUT2D eigenvalue weighted by Gasteiger charge is -2.34. The molecule has 0 aliphatic carbocycles. The lowest BCUT2D eigenvalue weighted by Crippen LogP contribution is -2.57. The Hall–Kier alpha value is -3.24. The van der Waals surface area contributed by atoms with Crippen LogP contribution in [0.25, 0.3) is 10.1 Å². The van der Waals surface area contributed by atoms with Gasteiger partial charge in [-0.3, -0.25) is 19.2 Å². The molecule has 190 valence electrons. The Morgan fingerprint density at radius 3 is 2.81 bits per heavy atom. The molecule has 5 rings (SSSR count). The highest BCUT2D eigenvalue weighted by molar-refractivity contribution is 7.17. The zero-order chi connectivity index (χ0) is 25.2. The molecule has 0 saturated carbocycles. The molecule has 10 heteroatoms. The van der Waals surface area contributed by atoms with Gasteiger partial charge in [-0.25, -0.2) is 0 Å². The molecule has 9 nitrogen and oxygen atoms in total. The minimum Gasteiger partial charge on any atom is -0.433 e. The first-order valence-electron chi connectivity index (χ1n) is 12.3. The van der Waals surface area contributed by atoms with E-state index in [0.29, 0.717) is 37.9 Å². The lowest BCUT2D eigenvalue weighted by molar-refractivity contribution is -0.164. The molecule has 5 atom stereocenters. The average Bonchev–Trinajstić information content (AvgIpc) is 3.58. The summed E-state index contributed by atoms with van der Waals surface area (Å²) in [6.45, 7) is 2.12. The van der Waals surface area contributed by atoms with Crippen molar-refractivity contribution in [3.8, 4) is 0 Å². The smallest absolute Gasteiger partial charge is 0.310 e. The Morgan fingerprint density at radius 1 is 1.14 bits per heavy atom. The van der Waals surface area contributed by atoms with Crippen LogP contribution in [0.2, 0.25) is 0 Å². The van der Waals surface area contributed by atoms with Crippen molar-refractivity contribution in [2.45, 2.75) is 69.5 Å². The van der Waals surface area contributed by atoms with Crippen molar-refractivity contribution in [3.05, 3.63) is 47.4 Å². The number of cyclic esters (lactones) is 1. The molecule has 0 spiro atoms. The number of ether oxygens (including phenoxy) is 2. The lowest BCUT2D eigenvalue weighted by atomic mass is 10.0. The first kappa shape index (κ1) is 24.5. The van der Waals surface area contributed by atoms with Crippen molar-refractivity contribution in [1.29, 1.82) is 0 Å². The molecule has 1 aromatic heterocycles. The van der Waals surface area contributed by atoms with Gasteiger partial charge in [0.25, 0.3) is 5.91 Å². The summed E-state index contributed by atoms with van der Waals surface area (Å²) in [4.78, 5) is 53.6. The highest BCUT2D eigenvalue weighted by atomic mass is 32.1. The van der Waals surface area contributed by atoms with Crippen molar-refractivity contribution in [1.82, 2.24) is 15.5 Å². The van der Waals surface area contributed by atoms with Gasteiger partial charge in [0.15, 0.2) is 0 Å². The number of hydrogen-bond donors (Lipinski definition) is 2. The van der Waals surface area contributed by atoms with Gasteiger partial charge in [0.05, 0.1) is 12.0 Å². The number of hydrogen-bond acceptors (Lipinski definition) is 7. The fraction of sp³-hybridized carbons (Fsp3) is 0.462. The summed E-state index contributed by atoms with van der Waals surface area (Å²) in [6, 6.07) is 5.28. The summed E-state index contributed by atoms with van der Waals surface area (Å²) >= 11 is 1.48. The number of carbonyl (C=O) groups is 4. The van der Waals surface area contributed by atoms with Crippen molar-refractivity contribution in [2.24, 2.45) is 0 Å². The molecule has 3 amide bonds. The third-order valence-corrected chi connectivity index (χ3v) is 7.92. The maximum absolute atomic E-state index is 13.7. The molecule has 1 aromatic carbocycles. The average molecular weight is 512 g/mol. The third-order valence-electron chi connectivity index (χ3n) is 6.95. The van der Waals surface area contributed by atoms with Gasteiger partial charge in [-0.15, -0.1) is 11.3 Å². The normalized spacial score (nSPS) is 27.9. The second-order valence-corrected chi connectivity index (χ2v) is 10.2. The fourth-order valence-electron chi connectivity index (χ4n) is 5.25. The van der Waals surface area contributed by atoms with E-state index in [2.05, 4.69) is 10.6 Å². The van der Waals surface area contributed by atoms with E-state index >= 15 is 0 Å². The Labute approximate surface area is 212 Å². The van der Waals surface area contributed by atoms with Crippen LogP contribution in [0.1, 0.15) is 49.4 Å². The van der Waals surface area contributed by atoms with E-state index in [-0.39, 0.29) is 30.2 Å². The molecule has 0 radical (unpaired) electrons. The van der Waals surface area contributed by atoms with Crippen LogP contribution in [0.15, 0.2) is 41.8 Å². The van der Waals surface area contributed by atoms with Crippen molar-refractivity contribution in [3.63, 3.8) is 0 Å². The largest absolute Gasteiger partial charge is 0.433 e. The topological polar surface area (TPSA) is 114 Å². The highest BCUT2D eigenvalue weighted by Gasteiger charge is 2.45. The first-order valence-corrected chi connectivity index (χ1v) is 13.2. The van der Waals surface area contributed by atoms with Gasteiger partial charge in [-0.1, -0.05) is 24.3 Å². The standard InChI is InChI=1S/C26H29N3O6S/c1-2-34-26-19(14-21(30)35-26)28-24(32)20-11-10-16-7-3-4-9-18(25(33)29(16)20)27-23(31)17-8-5-6-15-12-13-36-22(15)17/h3-6,8,12-13,16,18-20,26H,2,7,9-11,14H2,1H3,(H,27,31)(H,28,32)/t16-,18+,19?,20+,26?/m1/s1. The van der Waals surface area contributed by atoms with Crippen molar-refractivity contribution in [2.75, 3.05) is 6.61 Å². The maximum atomic E-state index is 13.7. The zero-order valence-electron chi connectivity index (χ0n) is 20.0. The molecule has 3 aliphatic heterocycles. The van der Waals surface area contributed by atoms with E-state index in [9.17, 15) is 19.2 Å². The molecule has 2 fully saturated rings. The second kappa shape index (κ2) is 10.4. The van der Waals surface area contributed by atoms with Gasteiger partial charge in [0.1, 0.15) is 18.1 Å². The van der Waals surface area contributed by atoms with Gasteiger partial charge < -0.3 is 25.0 Å². The van der Waals surface area contributed by atoms with Crippen LogP contribution in [-0.2, 0) is 23.9 Å². The zero-order valence-corrected chi connectivity index (χ0v) is 20.8. The number of thiophene rings is 1. The van der Waals surface area contributed by atoms with E-state index < -0.39 is 30.4 Å². The van der Waals surface area contributed by atoms with Crippen LogP contribution >= 0.6 is 11.3 Å². The number of amides is 3. The summed E-state index contributed by atoms with van der Waals surface area (Å²) in [5.41, 5.74) is 0.529. The number of benzene rings is 1. The SMILES string of the molecule is CCOC1OC(=O)CC1NC(=O)[C@@H]1CC[C@H]2CC=CC[C@H](NC(=O)c3cccc4ccsc34)C(=O)N21. The van der Waals surface area contributed by atoms with Gasteiger partial charge in [-0.2, -0.15) is 0 Å². The Kier molecular flexibility index (Phi) is 7.06. The highest BCUT2D eigenvalue weighted by Crippen LogP contribution is 2.31. The fourth-order valence-corrected chi connectivity index (χ4v) is 6.16. The van der Waals surface area contributed by atoms with E-state index in [1.54, 1.807) is 17.9 Å². The molecule has 4 heterocycles.